The van der Waals surface area contributed by atoms with Gasteiger partial charge in [0, 0.05) is 31.1 Å². The Hall–Kier alpha value is -1.53. The maximum atomic E-state index is 13.5. The second-order valence-electron chi connectivity index (χ2n) is 18.3. The van der Waals surface area contributed by atoms with Crippen LogP contribution in [0.4, 0.5) is 0 Å². The molecule has 0 spiro atoms. The minimum absolute atomic E-state index is 0.0120. The number of esters is 2. The lowest BCUT2D eigenvalue weighted by Crippen LogP contribution is -2.55. The van der Waals surface area contributed by atoms with Gasteiger partial charge in [0.1, 0.15) is 31.0 Å². The smallest absolute Gasteiger partial charge is 0.462 e. The first-order chi connectivity index (χ1) is 30.6. The number of hydrogen-bond donors (Lipinski definition) is 9. The van der Waals surface area contributed by atoms with Crippen LogP contribution in [0, 0.1) is 11.8 Å². The van der Waals surface area contributed by atoms with Gasteiger partial charge in [-0.3, -0.25) is 18.6 Å². The number of phosphoric ester groups is 1. The highest BCUT2D eigenvalue weighted by atomic mass is 31.2. The van der Waals surface area contributed by atoms with E-state index >= 15 is 0 Å². The molecule has 1 aliphatic heterocycles. The van der Waals surface area contributed by atoms with Crippen LogP contribution in [0.15, 0.2) is 12.2 Å². The van der Waals surface area contributed by atoms with E-state index in [4.69, 9.17) is 18.5 Å². The molecule has 376 valence electrons. The summed E-state index contributed by atoms with van der Waals surface area (Å²) in [7, 11) is -5.43. The Morgan fingerprint density at radius 3 is 1.86 bits per heavy atom. The van der Waals surface area contributed by atoms with Crippen LogP contribution >= 0.6 is 7.82 Å². The maximum Gasteiger partial charge on any atom is 0.472 e. The Kier molecular flexibility index (Phi) is 31.0. The molecule has 1 aliphatic carbocycles. The van der Waals surface area contributed by atoms with E-state index in [9.17, 15) is 59.9 Å². The second kappa shape index (κ2) is 33.9. The average molecular weight is 939 g/mol. The third-order valence-electron chi connectivity index (χ3n) is 12.7. The Labute approximate surface area is 382 Å². The SMILES string of the molecule is CCCCCCCCCCCCCCCCCC(=O)O[C@@H]1COC(=O)CCCCCC[C@@H]2[C@@H](O)[C@H](O)[C@@H](O)[C@H](OP(=O)(O)OC1)[C@H](O)[C@H](O)[C@@H](/C=C/[C@@H](O)CCCCC)[C@H](O)C[C@@H]2O. The number of rotatable bonds is 23. The molecule has 16 nitrogen and oxygen atoms in total. The largest absolute Gasteiger partial charge is 0.472 e. The summed E-state index contributed by atoms with van der Waals surface area (Å²) in [6.07, 6.45) is 5.48. The quantitative estimate of drug-likeness (QED) is 0.0238. The summed E-state index contributed by atoms with van der Waals surface area (Å²) in [5, 5.41) is 90.3. The number of aliphatic hydroxyl groups excluding tert-OH is 8. The van der Waals surface area contributed by atoms with Gasteiger partial charge >= 0.3 is 19.8 Å². The number of carbonyl (C=O) groups excluding carboxylic acids is 2. The predicted octanol–water partition coefficient (Wildman–Crippen LogP) is 6.22. The molecule has 1 unspecified atom stereocenters. The summed E-state index contributed by atoms with van der Waals surface area (Å²) in [5.41, 5.74) is 0. The Bertz CT molecular complexity index is 1310. The zero-order valence-corrected chi connectivity index (χ0v) is 39.8. The number of cyclic esters (lactones) is 1. The molecule has 1 heterocycles. The molecule has 0 amide bonds. The molecule has 13 atom stereocenters. The monoisotopic (exact) mass is 939 g/mol. The summed E-state index contributed by atoms with van der Waals surface area (Å²) in [6.45, 7) is 2.87. The number of fused-ring (bicyclic) bond motifs is 4. The van der Waals surface area contributed by atoms with Crippen LogP contribution in [0.1, 0.15) is 187 Å². The van der Waals surface area contributed by atoms with Crippen molar-refractivity contribution >= 4 is 19.8 Å². The normalized spacial score (nSPS) is 32.6. The lowest BCUT2D eigenvalue weighted by atomic mass is 9.82. The first-order valence-electron chi connectivity index (χ1n) is 24.7. The lowest BCUT2D eigenvalue weighted by molar-refractivity contribution is -0.167. The van der Waals surface area contributed by atoms with Gasteiger partial charge in [-0.25, -0.2) is 4.57 Å². The minimum atomic E-state index is -5.43. The molecule has 2 aliphatic rings. The fourth-order valence-electron chi connectivity index (χ4n) is 8.62. The van der Waals surface area contributed by atoms with Gasteiger partial charge < -0.3 is 55.2 Å². The number of phosphoric acid groups is 1. The van der Waals surface area contributed by atoms with Crippen molar-refractivity contribution in [3.63, 3.8) is 0 Å². The first kappa shape index (κ1) is 58.6. The van der Waals surface area contributed by atoms with Crippen molar-refractivity contribution < 1.29 is 78.4 Å². The van der Waals surface area contributed by atoms with Crippen molar-refractivity contribution in [1.82, 2.24) is 0 Å². The third-order valence-corrected chi connectivity index (χ3v) is 13.7. The highest BCUT2D eigenvalue weighted by Gasteiger charge is 2.49. The van der Waals surface area contributed by atoms with Crippen LogP contribution in [0.5, 0.6) is 0 Å². The van der Waals surface area contributed by atoms with E-state index in [1.165, 1.54) is 76.4 Å². The standard InChI is InChI=1S/C47H87O16P/c1-3-5-7-8-9-10-11-12-13-14-15-16-17-18-24-28-41(52)62-35-32-60-40(51)27-23-20-19-22-26-36-38(49)31-39(50)37(30-29-34(48)25-21-6-4-2)43(54)45(56)47(46(57)44(55)42(36)53)63-64(58,59)61-33-35/h29-30,34-39,42-50,53-57H,3-28,31-33H2,1-2H3,(H,58,59)/b30-29+/t34-,35+,36-,37-,38-,39+,42+,43+,44-,45+,46+,47+/m0/s1. The van der Waals surface area contributed by atoms with Crippen LogP contribution in [-0.2, 0) is 32.7 Å². The van der Waals surface area contributed by atoms with Crippen LogP contribution < -0.4 is 0 Å². The summed E-state index contributed by atoms with van der Waals surface area (Å²) in [4.78, 5) is 36.5. The van der Waals surface area contributed by atoms with Gasteiger partial charge in [-0.15, -0.1) is 0 Å². The summed E-state index contributed by atoms with van der Waals surface area (Å²) >= 11 is 0. The van der Waals surface area contributed by atoms with Gasteiger partial charge in [-0.2, -0.15) is 0 Å². The van der Waals surface area contributed by atoms with Gasteiger partial charge in [0.15, 0.2) is 6.10 Å². The fourth-order valence-corrected chi connectivity index (χ4v) is 9.59. The van der Waals surface area contributed by atoms with Crippen molar-refractivity contribution in [2.75, 3.05) is 13.2 Å². The second-order valence-corrected chi connectivity index (χ2v) is 19.7. The number of aliphatic hydroxyl groups is 8. The fraction of sp³-hybridized carbons (Fsp3) is 0.915. The maximum absolute atomic E-state index is 13.5. The summed E-state index contributed by atoms with van der Waals surface area (Å²) in [5.74, 6) is -3.88. The van der Waals surface area contributed by atoms with Gasteiger partial charge in [0.25, 0.3) is 0 Å². The zero-order chi connectivity index (χ0) is 47.3. The van der Waals surface area contributed by atoms with E-state index in [1.807, 2.05) is 6.92 Å². The van der Waals surface area contributed by atoms with Crippen LogP contribution in [0.3, 0.4) is 0 Å². The molecule has 0 radical (unpaired) electrons. The molecule has 0 aromatic carbocycles. The number of hydrogen-bond acceptors (Lipinski definition) is 15. The van der Waals surface area contributed by atoms with Gasteiger partial charge in [0.2, 0.25) is 0 Å². The number of unbranched alkanes of at least 4 members (excludes halogenated alkanes) is 16. The average Bonchev–Trinajstić information content (AvgIpc) is 3.26. The lowest BCUT2D eigenvalue weighted by Gasteiger charge is -2.37. The Morgan fingerprint density at radius 2 is 1.25 bits per heavy atom. The van der Waals surface area contributed by atoms with Crippen LogP contribution in [0.2, 0.25) is 0 Å². The molecular formula is C47H87O16P. The topological polar surface area (TPSA) is 270 Å². The van der Waals surface area contributed by atoms with E-state index in [0.29, 0.717) is 44.9 Å². The predicted molar refractivity (Wildman–Crippen MR) is 242 cm³/mol. The first-order valence-corrected chi connectivity index (χ1v) is 26.2. The molecule has 2 bridgehead atoms. The number of ether oxygens (including phenoxy) is 2. The summed E-state index contributed by atoms with van der Waals surface area (Å²) in [6, 6.07) is 0. The van der Waals surface area contributed by atoms with Crippen molar-refractivity contribution in [3.8, 4) is 0 Å². The molecule has 9 N–H and O–H groups in total. The van der Waals surface area contributed by atoms with Crippen LogP contribution in [-0.4, -0.2) is 132 Å². The van der Waals surface area contributed by atoms with Gasteiger partial charge in [-0.1, -0.05) is 154 Å². The molecule has 1 saturated heterocycles. The summed E-state index contributed by atoms with van der Waals surface area (Å²) < 4.78 is 34.8. The third kappa shape index (κ3) is 24.0. The van der Waals surface area contributed by atoms with Crippen molar-refractivity contribution in [2.24, 2.45) is 11.8 Å². The van der Waals surface area contributed by atoms with Gasteiger partial charge in [-0.05, 0) is 25.7 Å². The molecule has 2 rings (SSSR count). The van der Waals surface area contributed by atoms with E-state index in [-0.39, 0.29) is 19.3 Å². The van der Waals surface area contributed by atoms with Crippen LogP contribution in [0.25, 0.3) is 0 Å². The highest BCUT2D eigenvalue weighted by molar-refractivity contribution is 7.47. The number of carbonyl (C=O) groups is 2. The zero-order valence-electron chi connectivity index (χ0n) is 38.9. The molecule has 17 heteroatoms. The molecule has 2 fully saturated rings. The highest BCUT2D eigenvalue weighted by Crippen LogP contribution is 2.47. The van der Waals surface area contributed by atoms with E-state index in [2.05, 4.69) is 6.92 Å². The van der Waals surface area contributed by atoms with Crippen molar-refractivity contribution in [2.45, 2.75) is 248 Å². The molecule has 64 heavy (non-hydrogen) atoms. The van der Waals surface area contributed by atoms with E-state index in [0.717, 1.165) is 38.5 Å². The van der Waals surface area contributed by atoms with Crippen molar-refractivity contribution in [3.05, 3.63) is 12.2 Å². The molecular weight excluding hydrogens is 851 g/mol. The van der Waals surface area contributed by atoms with Gasteiger partial charge in [0.05, 0.1) is 37.1 Å². The molecule has 0 aromatic rings. The van der Waals surface area contributed by atoms with E-state index < -0.39 is 112 Å². The van der Waals surface area contributed by atoms with E-state index in [1.54, 1.807) is 0 Å². The Balaban J connectivity index is 2.17. The minimum Gasteiger partial charge on any atom is -0.462 e. The Morgan fingerprint density at radius 1 is 0.703 bits per heavy atom. The molecule has 1 saturated carbocycles. The van der Waals surface area contributed by atoms with Crippen molar-refractivity contribution in [1.29, 1.82) is 0 Å². The molecule has 0 aromatic heterocycles.